The Balaban J connectivity index is 1.24. The van der Waals surface area contributed by atoms with E-state index < -0.39 is 5.82 Å². The number of para-hydroxylation sites is 1. The van der Waals surface area contributed by atoms with Gasteiger partial charge in [-0.3, -0.25) is 4.79 Å². The van der Waals surface area contributed by atoms with Crippen LogP contribution in [-0.2, 0) is 4.74 Å². The van der Waals surface area contributed by atoms with Crippen LogP contribution in [0.25, 0.3) is 16.6 Å². The van der Waals surface area contributed by atoms with Crippen LogP contribution in [0.3, 0.4) is 0 Å². The number of benzene rings is 3. The molecular weight excluding hydrogens is 579 g/mol. The van der Waals surface area contributed by atoms with Gasteiger partial charge in [-0.05, 0) is 76.9 Å². The number of carbonyl (C=O) groups is 1. The van der Waals surface area contributed by atoms with Crippen molar-refractivity contribution in [3.8, 4) is 22.9 Å². The predicted molar refractivity (Wildman–Crippen MR) is 153 cm³/mol. The molecule has 40 heavy (non-hydrogen) atoms. The van der Waals surface area contributed by atoms with E-state index in [1.807, 2.05) is 19.1 Å². The molecular formula is C30H26BrFN4O4. The van der Waals surface area contributed by atoms with Gasteiger partial charge >= 0.3 is 0 Å². The average molecular weight is 605 g/mol. The van der Waals surface area contributed by atoms with Gasteiger partial charge in [-0.2, -0.15) is 5.10 Å². The summed E-state index contributed by atoms with van der Waals surface area (Å²) in [6, 6.07) is 17.1. The van der Waals surface area contributed by atoms with E-state index in [0.717, 1.165) is 39.5 Å². The van der Waals surface area contributed by atoms with Gasteiger partial charge in [-0.1, -0.05) is 12.1 Å². The number of H-pyrrole nitrogens is 1. The standard InChI is InChI=1S/C30H26BrFN4O4/c1-17-12-20(40-27-5-3-2-4-23(27)32)6-7-26(17)36-30(33)21(16-34-36)29(37)25-13-18-14-28(22(31)15-24(18)35-25)39-19-8-10-38-11-9-19/h2-7,12-16,19,35H,8-11,33H2,1H3. The summed E-state index contributed by atoms with van der Waals surface area (Å²) in [5, 5.41) is 5.23. The lowest BCUT2D eigenvalue weighted by Gasteiger charge is -2.23. The lowest BCUT2D eigenvalue weighted by molar-refractivity contribution is 0.0253. The molecule has 8 nitrogen and oxygen atoms in total. The molecule has 6 rings (SSSR count). The first-order valence-corrected chi connectivity index (χ1v) is 13.6. The van der Waals surface area contributed by atoms with Crippen molar-refractivity contribution in [2.45, 2.75) is 25.9 Å². The van der Waals surface area contributed by atoms with E-state index in [1.165, 1.54) is 16.9 Å². The fourth-order valence-corrected chi connectivity index (χ4v) is 5.21. The highest BCUT2D eigenvalue weighted by molar-refractivity contribution is 9.10. The van der Waals surface area contributed by atoms with Crippen molar-refractivity contribution in [3.63, 3.8) is 0 Å². The van der Waals surface area contributed by atoms with Gasteiger partial charge in [0.25, 0.3) is 0 Å². The average Bonchev–Trinajstić information content (AvgIpc) is 3.53. The number of aromatic amines is 1. The molecule has 5 aromatic rings. The first-order valence-electron chi connectivity index (χ1n) is 12.9. The van der Waals surface area contributed by atoms with Gasteiger partial charge < -0.3 is 24.9 Å². The fourth-order valence-electron chi connectivity index (χ4n) is 4.77. The Morgan fingerprint density at radius 3 is 2.70 bits per heavy atom. The zero-order valence-corrected chi connectivity index (χ0v) is 23.2. The number of aryl methyl sites for hydroxylation is 1. The maximum absolute atomic E-state index is 14.0. The number of halogens is 2. The van der Waals surface area contributed by atoms with Crippen LogP contribution in [0.2, 0.25) is 0 Å². The van der Waals surface area contributed by atoms with E-state index in [0.29, 0.717) is 30.3 Å². The number of nitrogens with two attached hydrogens (primary N) is 1. The van der Waals surface area contributed by atoms with Crippen molar-refractivity contribution >= 4 is 38.4 Å². The maximum atomic E-state index is 14.0. The van der Waals surface area contributed by atoms with Crippen LogP contribution >= 0.6 is 15.9 Å². The number of hydrogen-bond acceptors (Lipinski definition) is 6. The van der Waals surface area contributed by atoms with Crippen molar-refractivity contribution in [2.24, 2.45) is 0 Å². The van der Waals surface area contributed by atoms with Gasteiger partial charge in [0.2, 0.25) is 5.78 Å². The summed E-state index contributed by atoms with van der Waals surface area (Å²) in [4.78, 5) is 16.7. The van der Waals surface area contributed by atoms with E-state index in [4.69, 9.17) is 19.9 Å². The lowest BCUT2D eigenvalue weighted by Crippen LogP contribution is -2.25. The zero-order chi connectivity index (χ0) is 27.8. The number of ketones is 1. The third kappa shape index (κ3) is 5.07. The van der Waals surface area contributed by atoms with Gasteiger partial charge in [0.05, 0.1) is 40.8 Å². The van der Waals surface area contributed by atoms with E-state index >= 15 is 0 Å². The molecule has 0 spiro atoms. The summed E-state index contributed by atoms with van der Waals surface area (Å²) in [6.45, 7) is 3.24. The van der Waals surface area contributed by atoms with Gasteiger partial charge in [-0.25, -0.2) is 9.07 Å². The molecule has 0 aliphatic carbocycles. The molecule has 0 radical (unpaired) electrons. The number of carbonyl (C=O) groups excluding carboxylic acids is 1. The lowest BCUT2D eigenvalue weighted by atomic mass is 10.1. The molecule has 0 atom stereocenters. The predicted octanol–water partition coefficient (Wildman–Crippen LogP) is 6.73. The molecule has 3 aromatic carbocycles. The van der Waals surface area contributed by atoms with Crippen molar-refractivity contribution in [2.75, 3.05) is 18.9 Å². The molecule has 10 heteroatoms. The number of anilines is 1. The normalized spacial score (nSPS) is 14.0. The number of nitrogen functional groups attached to an aromatic ring is 1. The molecule has 204 valence electrons. The molecule has 0 amide bonds. The second kappa shape index (κ2) is 10.8. The summed E-state index contributed by atoms with van der Waals surface area (Å²) in [7, 11) is 0. The van der Waals surface area contributed by atoms with Gasteiger partial charge in [0.1, 0.15) is 23.4 Å². The van der Waals surface area contributed by atoms with Crippen LogP contribution in [0.4, 0.5) is 10.2 Å². The molecule has 1 aliphatic rings. The Morgan fingerprint density at radius 2 is 1.93 bits per heavy atom. The third-order valence-electron chi connectivity index (χ3n) is 6.89. The smallest absolute Gasteiger partial charge is 0.214 e. The van der Waals surface area contributed by atoms with E-state index in [-0.39, 0.29) is 29.0 Å². The molecule has 3 N–H and O–H groups in total. The molecule has 0 unspecified atom stereocenters. The SMILES string of the molecule is Cc1cc(Oc2ccccc2F)ccc1-n1ncc(C(=O)c2cc3cc(OC4CCOCC4)c(Br)cc3[nH]2)c1N. The highest BCUT2D eigenvalue weighted by Gasteiger charge is 2.22. The number of nitrogens with zero attached hydrogens (tertiary/aromatic N) is 2. The second-order valence-electron chi connectivity index (χ2n) is 9.65. The molecule has 1 fully saturated rings. The minimum absolute atomic E-state index is 0.0942. The number of hydrogen-bond donors (Lipinski definition) is 2. The summed E-state index contributed by atoms with van der Waals surface area (Å²) < 4.78 is 33.6. The van der Waals surface area contributed by atoms with Crippen molar-refractivity contribution < 1.29 is 23.4 Å². The number of fused-ring (bicyclic) bond motifs is 1. The summed E-state index contributed by atoms with van der Waals surface area (Å²) in [5.74, 6) is 0.810. The van der Waals surface area contributed by atoms with Crippen molar-refractivity contribution in [3.05, 3.63) is 94.0 Å². The van der Waals surface area contributed by atoms with Crippen LogP contribution in [0.5, 0.6) is 17.2 Å². The monoisotopic (exact) mass is 604 g/mol. The van der Waals surface area contributed by atoms with Crippen LogP contribution in [0.1, 0.15) is 34.5 Å². The van der Waals surface area contributed by atoms with Crippen LogP contribution < -0.4 is 15.2 Å². The highest BCUT2D eigenvalue weighted by atomic mass is 79.9. The summed E-state index contributed by atoms with van der Waals surface area (Å²) in [6.07, 6.45) is 3.23. The molecule has 0 bridgehead atoms. The minimum Gasteiger partial charge on any atom is -0.489 e. The molecule has 1 saturated heterocycles. The Labute approximate surface area is 238 Å². The van der Waals surface area contributed by atoms with Crippen LogP contribution in [-0.4, -0.2) is 39.9 Å². The Hall–Kier alpha value is -4.15. The van der Waals surface area contributed by atoms with Crippen LogP contribution in [0, 0.1) is 12.7 Å². The molecule has 3 heterocycles. The minimum atomic E-state index is -0.448. The largest absolute Gasteiger partial charge is 0.489 e. The summed E-state index contributed by atoms with van der Waals surface area (Å²) in [5.41, 5.74) is 9.34. The maximum Gasteiger partial charge on any atom is 0.214 e. The van der Waals surface area contributed by atoms with E-state index in [9.17, 15) is 9.18 Å². The van der Waals surface area contributed by atoms with Crippen LogP contribution in [0.15, 0.2) is 71.3 Å². The molecule has 1 aliphatic heterocycles. The molecule has 2 aromatic heterocycles. The Morgan fingerprint density at radius 1 is 1.12 bits per heavy atom. The van der Waals surface area contributed by atoms with Gasteiger partial charge in [-0.15, -0.1) is 0 Å². The van der Waals surface area contributed by atoms with E-state index in [1.54, 1.807) is 42.5 Å². The van der Waals surface area contributed by atoms with E-state index in [2.05, 4.69) is 26.0 Å². The quantitative estimate of drug-likeness (QED) is 0.200. The number of aromatic nitrogens is 3. The first kappa shape index (κ1) is 26.1. The highest BCUT2D eigenvalue weighted by Crippen LogP contribution is 2.34. The topological polar surface area (TPSA) is 104 Å². The Kier molecular flexibility index (Phi) is 7.03. The number of ether oxygens (including phenoxy) is 3. The van der Waals surface area contributed by atoms with Crippen molar-refractivity contribution in [1.29, 1.82) is 0 Å². The fraction of sp³-hybridized carbons (Fsp3) is 0.200. The zero-order valence-electron chi connectivity index (χ0n) is 21.6. The first-order chi connectivity index (χ1) is 19.4. The Bertz CT molecular complexity index is 1720. The summed E-state index contributed by atoms with van der Waals surface area (Å²) >= 11 is 3.59. The van der Waals surface area contributed by atoms with Gasteiger partial charge in [0, 0.05) is 23.7 Å². The van der Waals surface area contributed by atoms with Crippen molar-refractivity contribution in [1.82, 2.24) is 14.8 Å². The third-order valence-corrected chi connectivity index (χ3v) is 7.51. The number of nitrogens with one attached hydrogen (secondary N) is 1. The second-order valence-corrected chi connectivity index (χ2v) is 10.5. The number of rotatable bonds is 7. The van der Waals surface area contributed by atoms with Gasteiger partial charge in [0.15, 0.2) is 11.6 Å². The molecule has 0 saturated carbocycles.